The molecule has 1 aromatic carbocycles. The molecule has 1 heterocycles. The van der Waals surface area contributed by atoms with E-state index in [-0.39, 0.29) is 17.9 Å². The maximum atomic E-state index is 12.3. The third kappa shape index (κ3) is 3.91. The highest BCUT2D eigenvalue weighted by atomic mass is 35.5. The van der Waals surface area contributed by atoms with Gasteiger partial charge >= 0.3 is 12.0 Å². The number of aryl methyl sites for hydroxylation is 1. The lowest BCUT2D eigenvalue weighted by molar-refractivity contribution is -0.140. The van der Waals surface area contributed by atoms with Crippen molar-refractivity contribution in [1.82, 2.24) is 9.80 Å². The van der Waals surface area contributed by atoms with E-state index in [1.165, 1.54) is 4.90 Å². The summed E-state index contributed by atoms with van der Waals surface area (Å²) >= 11 is 6.05. The van der Waals surface area contributed by atoms with Gasteiger partial charge in [0.1, 0.15) is 5.75 Å². The minimum Gasteiger partial charge on any atom is -0.425 e. The lowest BCUT2D eigenvalue weighted by Crippen LogP contribution is -2.47. The number of benzene rings is 1. The Labute approximate surface area is 135 Å². The Kier molecular flexibility index (Phi) is 5.29. The van der Waals surface area contributed by atoms with E-state index in [2.05, 4.69) is 0 Å². The molecule has 0 radical (unpaired) electrons. The van der Waals surface area contributed by atoms with Crippen molar-refractivity contribution in [1.29, 1.82) is 0 Å². The zero-order chi connectivity index (χ0) is 16.3. The smallest absolute Gasteiger partial charge is 0.319 e. The molecule has 1 fully saturated rings. The van der Waals surface area contributed by atoms with Gasteiger partial charge in [-0.05, 0) is 37.5 Å². The maximum absolute atomic E-state index is 12.3. The first kappa shape index (κ1) is 16.6. The normalized spacial score (nSPS) is 18.0. The highest BCUT2D eigenvalue weighted by molar-refractivity contribution is 6.32. The molecule has 1 aliphatic heterocycles. The van der Waals surface area contributed by atoms with Gasteiger partial charge in [-0.1, -0.05) is 17.7 Å². The largest absolute Gasteiger partial charge is 0.425 e. The van der Waals surface area contributed by atoms with Crippen LogP contribution in [0.1, 0.15) is 18.4 Å². The van der Waals surface area contributed by atoms with Crippen LogP contribution in [0, 0.1) is 12.8 Å². The molecule has 5 nitrogen and oxygen atoms in total. The Morgan fingerprint density at radius 2 is 2.09 bits per heavy atom. The Morgan fingerprint density at radius 3 is 2.77 bits per heavy atom. The topological polar surface area (TPSA) is 49.9 Å². The molecule has 0 bridgehead atoms. The number of carbonyl (C=O) groups excluding carboxylic acids is 2. The minimum absolute atomic E-state index is 0.0777. The summed E-state index contributed by atoms with van der Waals surface area (Å²) in [5, 5.41) is 0.413. The average Bonchev–Trinajstić information content (AvgIpc) is 2.50. The van der Waals surface area contributed by atoms with Crippen LogP contribution in [0.25, 0.3) is 0 Å². The van der Waals surface area contributed by atoms with Gasteiger partial charge < -0.3 is 14.5 Å². The summed E-state index contributed by atoms with van der Waals surface area (Å²) in [6.07, 6.45) is 1.51. The molecule has 0 aromatic heterocycles. The van der Waals surface area contributed by atoms with Crippen molar-refractivity contribution < 1.29 is 14.3 Å². The summed E-state index contributed by atoms with van der Waals surface area (Å²) in [4.78, 5) is 27.5. The van der Waals surface area contributed by atoms with Gasteiger partial charge in [0.2, 0.25) is 0 Å². The van der Waals surface area contributed by atoms with Gasteiger partial charge in [0, 0.05) is 27.2 Å². The summed E-state index contributed by atoms with van der Waals surface area (Å²) in [6.45, 7) is 2.97. The van der Waals surface area contributed by atoms with Crippen LogP contribution in [0.4, 0.5) is 4.79 Å². The number of carbonyl (C=O) groups is 2. The molecule has 1 aliphatic rings. The Hall–Kier alpha value is -1.75. The zero-order valence-corrected chi connectivity index (χ0v) is 13.9. The van der Waals surface area contributed by atoms with Gasteiger partial charge in [-0.25, -0.2) is 4.79 Å². The molecule has 0 aliphatic carbocycles. The highest BCUT2D eigenvalue weighted by Gasteiger charge is 2.30. The first-order valence-electron chi connectivity index (χ1n) is 7.32. The molecule has 0 N–H and O–H groups in total. The highest BCUT2D eigenvalue weighted by Crippen LogP contribution is 2.27. The summed E-state index contributed by atoms with van der Waals surface area (Å²) in [6, 6.07) is 5.23. The molecule has 2 amide bonds. The van der Waals surface area contributed by atoms with Crippen LogP contribution in [0.5, 0.6) is 5.75 Å². The predicted molar refractivity (Wildman–Crippen MR) is 85.2 cm³/mol. The molecule has 0 spiro atoms. The monoisotopic (exact) mass is 324 g/mol. The molecule has 1 unspecified atom stereocenters. The number of esters is 1. The molecular formula is C16H21ClN2O3. The fourth-order valence-electron chi connectivity index (χ4n) is 2.51. The van der Waals surface area contributed by atoms with Crippen LogP contribution < -0.4 is 4.74 Å². The second-order valence-corrected chi connectivity index (χ2v) is 6.22. The van der Waals surface area contributed by atoms with Crippen molar-refractivity contribution in [2.24, 2.45) is 5.92 Å². The summed E-state index contributed by atoms with van der Waals surface area (Å²) in [5.74, 6) is -0.263. The second-order valence-electron chi connectivity index (χ2n) is 5.82. The van der Waals surface area contributed by atoms with Gasteiger partial charge in [0.25, 0.3) is 0 Å². The van der Waals surface area contributed by atoms with Crippen molar-refractivity contribution in [3.63, 3.8) is 0 Å². The van der Waals surface area contributed by atoms with E-state index < -0.39 is 0 Å². The third-order valence-electron chi connectivity index (χ3n) is 3.71. The number of nitrogens with zero attached hydrogens (tertiary/aromatic N) is 2. The molecule has 1 saturated heterocycles. The van der Waals surface area contributed by atoms with Crippen LogP contribution >= 0.6 is 11.6 Å². The molecule has 1 atom stereocenters. The van der Waals surface area contributed by atoms with Crippen molar-refractivity contribution in [3.8, 4) is 5.75 Å². The van der Waals surface area contributed by atoms with E-state index in [0.717, 1.165) is 18.4 Å². The lowest BCUT2D eigenvalue weighted by atomic mass is 9.98. The SMILES string of the molecule is Cc1ccc(Cl)c(OC(=O)C2CCCN(C(=O)N(C)C)C2)c1. The van der Waals surface area contributed by atoms with E-state index >= 15 is 0 Å². The van der Waals surface area contributed by atoms with E-state index in [4.69, 9.17) is 16.3 Å². The van der Waals surface area contributed by atoms with E-state index in [1.54, 1.807) is 31.1 Å². The molecule has 120 valence electrons. The number of rotatable bonds is 2. The van der Waals surface area contributed by atoms with E-state index in [9.17, 15) is 9.59 Å². The number of ether oxygens (including phenoxy) is 1. The van der Waals surface area contributed by atoms with Crippen molar-refractivity contribution in [2.75, 3.05) is 27.2 Å². The van der Waals surface area contributed by atoms with Gasteiger partial charge in [0.05, 0.1) is 10.9 Å². The first-order chi connectivity index (χ1) is 10.4. The average molecular weight is 325 g/mol. The van der Waals surface area contributed by atoms with Gasteiger partial charge in [-0.2, -0.15) is 0 Å². The van der Waals surface area contributed by atoms with E-state index in [0.29, 0.717) is 23.9 Å². The molecule has 1 aromatic rings. The molecule has 22 heavy (non-hydrogen) atoms. The summed E-state index contributed by atoms with van der Waals surface area (Å²) < 4.78 is 5.43. The fourth-order valence-corrected chi connectivity index (χ4v) is 2.66. The van der Waals surface area contributed by atoms with Crippen LogP contribution in [-0.4, -0.2) is 49.0 Å². The number of likely N-dealkylation sites (tertiary alicyclic amines) is 1. The van der Waals surface area contributed by atoms with Crippen molar-refractivity contribution in [3.05, 3.63) is 28.8 Å². The number of urea groups is 1. The lowest BCUT2D eigenvalue weighted by Gasteiger charge is -2.33. The number of piperidine rings is 1. The number of amides is 2. The Bertz CT molecular complexity index is 575. The number of halogens is 1. The standard InChI is InChI=1S/C16H21ClN2O3/c1-11-6-7-13(17)14(9-11)22-15(20)12-5-4-8-19(10-12)16(21)18(2)3/h6-7,9,12H,4-5,8,10H2,1-3H3. The van der Waals surface area contributed by atoms with Crippen LogP contribution in [0.15, 0.2) is 18.2 Å². The summed E-state index contributed by atoms with van der Waals surface area (Å²) in [7, 11) is 3.41. The Morgan fingerprint density at radius 1 is 1.36 bits per heavy atom. The summed E-state index contributed by atoms with van der Waals surface area (Å²) in [5.41, 5.74) is 0.972. The van der Waals surface area contributed by atoms with E-state index in [1.807, 2.05) is 13.0 Å². The molecular weight excluding hydrogens is 304 g/mol. The van der Waals surface area contributed by atoms with Crippen LogP contribution in [0.3, 0.4) is 0 Å². The van der Waals surface area contributed by atoms with Gasteiger partial charge in [-0.3, -0.25) is 4.79 Å². The van der Waals surface area contributed by atoms with Crippen molar-refractivity contribution in [2.45, 2.75) is 19.8 Å². The number of hydrogen-bond donors (Lipinski definition) is 0. The fraction of sp³-hybridized carbons (Fsp3) is 0.500. The molecule has 2 rings (SSSR count). The third-order valence-corrected chi connectivity index (χ3v) is 4.02. The zero-order valence-electron chi connectivity index (χ0n) is 13.1. The Balaban J connectivity index is 2.03. The molecule has 0 saturated carbocycles. The maximum Gasteiger partial charge on any atom is 0.319 e. The first-order valence-corrected chi connectivity index (χ1v) is 7.70. The van der Waals surface area contributed by atoms with Gasteiger partial charge in [0.15, 0.2) is 0 Å². The predicted octanol–water partition coefficient (Wildman–Crippen LogP) is 2.95. The number of hydrogen-bond acceptors (Lipinski definition) is 3. The second kappa shape index (κ2) is 7.01. The molecule has 6 heteroatoms. The minimum atomic E-state index is -0.330. The van der Waals surface area contributed by atoms with Gasteiger partial charge in [-0.15, -0.1) is 0 Å². The van der Waals surface area contributed by atoms with Crippen molar-refractivity contribution >= 4 is 23.6 Å². The van der Waals surface area contributed by atoms with Crippen LogP contribution in [0.2, 0.25) is 5.02 Å². The van der Waals surface area contributed by atoms with Crippen LogP contribution in [-0.2, 0) is 4.79 Å². The quantitative estimate of drug-likeness (QED) is 0.621.